The molecule has 0 saturated carbocycles. The number of amides is 3. The molecule has 11 heteroatoms. The van der Waals surface area contributed by atoms with Gasteiger partial charge >= 0.3 is 6.09 Å². The zero-order valence-electron chi connectivity index (χ0n) is 19.7. The van der Waals surface area contributed by atoms with E-state index in [1.807, 2.05) is 6.92 Å². The van der Waals surface area contributed by atoms with Crippen LogP contribution in [0.4, 0.5) is 15.5 Å². The third-order valence-electron chi connectivity index (χ3n) is 5.73. The van der Waals surface area contributed by atoms with Crippen molar-refractivity contribution in [1.82, 2.24) is 5.32 Å². The first-order valence-corrected chi connectivity index (χ1v) is 13.5. The van der Waals surface area contributed by atoms with Crippen LogP contribution in [-0.2, 0) is 27.6 Å². The average Bonchev–Trinajstić information content (AvgIpc) is 3.22. The molecule has 0 fully saturated rings. The number of ether oxygens (including phenoxy) is 1. The molecular weight excluding hydrogens is 502 g/mol. The molecule has 0 aliphatic heterocycles. The number of sulfonamides is 1. The maximum atomic E-state index is 13.1. The smallest absolute Gasteiger partial charge is 0.413 e. The summed E-state index contributed by atoms with van der Waals surface area (Å²) < 4.78 is 32.5. The molecule has 2 aromatic carbocycles. The fourth-order valence-corrected chi connectivity index (χ4v) is 6.26. The summed E-state index contributed by atoms with van der Waals surface area (Å²) in [6.07, 6.45) is 2.44. The minimum absolute atomic E-state index is 0.105. The highest BCUT2D eigenvalue weighted by molar-refractivity contribution is 7.92. The number of fused-ring (bicyclic) bond motifs is 1. The molecule has 3 amide bonds. The lowest BCUT2D eigenvalue weighted by molar-refractivity contribution is 0.0937. The SMILES string of the molecule is COC(=O)NC(=O)c1c(NC(=O)c2cccc(NS(=O)(=O)c3ccc(C)cc3)c2)sc2c1CCCC2. The number of rotatable bonds is 6. The highest BCUT2D eigenvalue weighted by atomic mass is 32.2. The van der Waals surface area contributed by atoms with Gasteiger partial charge in [0.05, 0.1) is 17.6 Å². The molecule has 1 heterocycles. The number of nitrogens with one attached hydrogen (secondary N) is 3. The Labute approximate surface area is 212 Å². The summed E-state index contributed by atoms with van der Waals surface area (Å²) in [6.45, 7) is 1.86. The Bertz CT molecular complexity index is 1430. The van der Waals surface area contributed by atoms with Crippen LogP contribution in [0.3, 0.4) is 0 Å². The van der Waals surface area contributed by atoms with E-state index in [1.54, 1.807) is 30.3 Å². The van der Waals surface area contributed by atoms with Crippen LogP contribution in [0.15, 0.2) is 53.4 Å². The zero-order valence-corrected chi connectivity index (χ0v) is 21.3. The van der Waals surface area contributed by atoms with E-state index in [4.69, 9.17) is 0 Å². The van der Waals surface area contributed by atoms with Gasteiger partial charge in [0.25, 0.3) is 21.8 Å². The second-order valence-electron chi connectivity index (χ2n) is 8.31. The minimum Gasteiger partial charge on any atom is -0.453 e. The molecule has 36 heavy (non-hydrogen) atoms. The normalized spacial score (nSPS) is 12.8. The van der Waals surface area contributed by atoms with Crippen molar-refractivity contribution in [1.29, 1.82) is 0 Å². The van der Waals surface area contributed by atoms with Crippen LogP contribution in [0.5, 0.6) is 0 Å². The fourth-order valence-electron chi connectivity index (χ4n) is 3.93. The van der Waals surface area contributed by atoms with Gasteiger partial charge in [-0.3, -0.25) is 19.6 Å². The van der Waals surface area contributed by atoms with Gasteiger partial charge in [-0.15, -0.1) is 11.3 Å². The van der Waals surface area contributed by atoms with Gasteiger partial charge in [-0.05, 0) is 68.5 Å². The van der Waals surface area contributed by atoms with Gasteiger partial charge in [-0.2, -0.15) is 0 Å². The van der Waals surface area contributed by atoms with Crippen LogP contribution in [-0.4, -0.2) is 33.4 Å². The molecule has 1 aliphatic carbocycles. The summed E-state index contributed by atoms with van der Waals surface area (Å²) in [5, 5.41) is 5.27. The summed E-state index contributed by atoms with van der Waals surface area (Å²) in [7, 11) is -2.68. The number of carbonyl (C=O) groups is 3. The largest absolute Gasteiger partial charge is 0.453 e. The highest BCUT2D eigenvalue weighted by Crippen LogP contribution is 2.38. The molecule has 0 spiro atoms. The van der Waals surface area contributed by atoms with Gasteiger partial charge in [0, 0.05) is 16.1 Å². The van der Waals surface area contributed by atoms with Crippen molar-refractivity contribution in [3.05, 3.63) is 75.7 Å². The first kappa shape index (κ1) is 25.4. The Balaban J connectivity index is 1.57. The van der Waals surface area contributed by atoms with Crippen LogP contribution in [0.2, 0.25) is 0 Å². The van der Waals surface area contributed by atoms with Gasteiger partial charge in [0.15, 0.2) is 0 Å². The van der Waals surface area contributed by atoms with Gasteiger partial charge in [-0.25, -0.2) is 13.2 Å². The molecule has 3 aromatic rings. The number of thiophene rings is 1. The second-order valence-corrected chi connectivity index (χ2v) is 11.1. The lowest BCUT2D eigenvalue weighted by Gasteiger charge is -2.13. The summed E-state index contributed by atoms with van der Waals surface area (Å²) in [5.41, 5.74) is 2.43. The summed E-state index contributed by atoms with van der Waals surface area (Å²) in [4.78, 5) is 38.6. The number of anilines is 2. The fraction of sp³-hybridized carbons (Fsp3) is 0.240. The minimum atomic E-state index is -3.84. The summed E-state index contributed by atoms with van der Waals surface area (Å²) in [6, 6.07) is 12.5. The molecule has 0 unspecified atom stereocenters. The van der Waals surface area contributed by atoms with Crippen LogP contribution >= 0.6 is 11.3 Å². The van der Waals surface area contributed by atoms with Crippen LogP contribution in [0.1, 0.15) is 49.6 Å². The second kappa shape index (κ2) is 10.5. The van der Waals surface area contributed by atoms with Crippen molar-refractivity contribution in [2.45, 2.75) is 37.5 Å². The number of carbonyl (C=O) groups excluding carboxylic acids is 3. The lowest BCUT2D eigenvalue weighted by atomic mass is 9.95. The third-order valence-corrected chi connectivity index (χ3v) is 8.34. The average molecular weight is 528 g/mol. The molecule has 9 nitrogen and oxygen atoms in total. The molecule has 0 saturated heterocycles. The predicted octanol–water partition coefficient (Wildman–Crippen LogP) is 4.48. The van der Waals surface area contributed by atoms with Crippen LogP contribution in [0.25, 0.3) is 0 Å². The van der Waals surface area contributed by atoms with Crippen molar-refractivity contribution >= 4 is 50.0 Å². The lowest BCUT2D eigenvalue weighted by Crippen LogP contribution is -2.31. The quantitative estimate of drug-likeness (QED) is 0.433. The third kappa shape index (κ3) is 5.58. The first-order valence-electron chi connectivity index (χ1n) is 11.2. The van der Waals surface area contributed by atoms with Gasteiger partial charge in [-0.1, -0.05) is 23.8 Å². The van der Waals surface area contributed by atoms with E-state index in [0.29, 0.717) is 11.4 Å². The van der Waals surface area contributed by atoms with Gasteiger partial charge in [0.2, 0.25) is 0 Å². The first-order chi connectivity index (χ1) is 17.2. The van der Waals surface area contributed by atoms with E-state index in [0.717, 1.165) is 42.4 Å². The van der Waals surface area contributed by atoms with E-state index in [2.05, 4.69) is 20.1 Å². The summed E-state index contributed by atoms with van der Waals surface area (Å²) in [5.74, 6) is -1.16. The standard InChI is InChI=1S/C25H25N3O6S2/c1-15-10-12-18(13-11-15)36(32,33)28-17-7-5-6-16(14-17)22(29)26-24-21(23(30)27-25(31)34-2)19-8-3-4-9-20(19)35-24/h5-7,10-14,28H,3-4,8-9H2,1-2H3,(H,26,29)(H,27,30,31). The maximum Gasteiger partial charge on any atom is 0.413 e. The number of hydrogen-bond acceptors (Lipinski definition) is 7. The van der Waals surface area contributed by atoms with Gasteiger partial charge in [0.1, 0.15) is 5.00 Å². The van der Waals surface area contributed by atoms with E-state index in [1.165, 1.54) is 29.5 Å². The Morgan fingerprint density at radius 2 is 1.69 bits per heavy atom. The van der Waals surface area contributed by atoms with Crippen molar-refractivity contribution in [3.63, 3.8) is 0 Å². The number of alkyl carbamates (subject to hydrolysis) is 1. The molecule has 0 radical (unpaired) electrons. The molecule has 3 N–H and O–H groups in total. The van der Waals surface area contributed by atoms with Crippen LogP contribution < -0.4 is 15.4 Å². The van der Waals surface area contributed by atoms with E-state index < -0.39 is 27.9 Å². The van der Waals surface area contributed by atoms with Crippen molar-refractivity contribution in [2.24, 2.45) is 0 Å². The molecular formula is C25H25N3O6S2. The Morgan fingerprint density at radius 3 is 2.42 bits per heavy atom. The van der Waals surface area contributed by atoms with Gasteiger partial charge < -0.3 is 10.1 Å². The highest BCUT2D eigenvalue weighted by Gasteiger charge is 2.28. The number of hydrogen-bond donors (Lipinski definition) is 3. The maximum absolute atomic E-state index is 13.1. The molecule has 4 rings (SSSR count). The number of methoxy groups -OCH3 is 1. The molecule has 1 aliphatic rings. The number of imide groups is 1. The Kier molecular flexibility index (Phi) is 7.41. The molecule has 0 atom stereocenters. The van der Waals surface area contributed by atoms with Crippen LogP contribution in [0, 0.1) is 6.92 Å². The summed E-state index contributed by atoms with van der Waals surface area (Å²) >= 11 is 1.30. The molecule has 0 bridgehead atoms. The Hall–Kier alpha value is -3.70. The Morgan fingerprint density at radius 1 is 0.972 bits per heavy atom. The van der Waals surface area contributed by atoms with E-state index in [-0.39, 0.29) is 21.7 Å². The topological polar surface area (TPSA) is 131 Å². The van der Waals surface area contributed by atoms with Crippen molar-refractivity contribution in [3.8, 4) is 0 Å². The number of benzene rings is 2. The monoisotopic (exact) mass is 527 g/mol. The van der Waals surface area contributed by atoms with E-state index >= 15 is 0 Å². The van der Waals surface area contributed by atoms with Crippen molar-refractivity contribution < 1.29 is 27.5 Å². The van der Waals surface area contributed by atoms with Crippen molar-refractivity contribution in [2.75, 3.05) is 17.1 Å². The molecule has 188 valence electrons. The predicted molar refractivity (Wildman–Crippen MR) is 137 cm³/mol. The number of aryl methyl sites for hydroxylation is 2. The zero-order chi connectivity index (χ0) is 25.9. The molecule has 1 aromatic heterocycles. The van der Waals surface area contributed by atoms with E-state index in [9.17, 15) is 22.8 Å².